The highest BCUT2D eigenvalue weighted by Crippen LogP contribution is 2.29. The Hall–Kier alpha value is -1.08. The summed E-state index contributed by atoms with van der Waals surface area (Å²) in [4.78, 5) is 0. The van der Waals surface area contributed by atoms with Crippen LogP contribution in [0.3, 0.4) is 0 Å². The SMILES string of the molecule is C=CCC(C)NC(CC(C)(C)C)c1ccccc1. The van der Waals surface area contributed by atoms with E-state index in [0.29, 0.717) is 17.5 Å². The van der Waals surface area contributed by atoms with Gasteiger partial charge in [0.05, 0.1) is 0 Å². The van der Waals surface area contributed by atoms with Crippen LogP contribution in [0.1, 0.15) is 52.1 Å². The molecule has 0 saturated carbocycles. The molecule has 2 unspecified atom stereocenters. The first-order chi connectivity index (χ1) is 8.42. The summed E-state index contributed by atoms with van der Waals surface area (Å²) in [7, 11) is 0. The molecule has 0 heterocycles. The quantitative estimate of drug-likeness (QED) is 0.715. The molecule has 1 rings (SSSR count). The lowest BCUT2D eigenvalue weighted by Gasteiger charge is -2.29. The second-order valence-corrected chi connectivity index (χ2v) is 6.32. The van der Waals surface area contributed by atoms with E-state index in [-0.39, 0.29) is 0 Å². The Morgan fingerprint density at radius 1 is 1.22 bits per heavy atom. The molecule has 2 atom stereocenters. The van der Waals surface area contributed by atoms with Crippen LogP contribution >= 0.6 is 0 Å². The van der Waals surface area contributed by atoms with Gasteiger partial charge in [-0.2, -0.15) is 0 Å². The zero-order valence-corrected chi connectivity index (χ0v) is 12.2. The fourth-order valence-corrected chi connectivity index (χ4v) is 2.23. The summed E-state index contributed by atoms with van der Waals surface area (Å²) in [6.45, 7) is 12.9. The molecule has 1 N–H and O–H groups in total. The van der Waals surface area contributed by atoms with E-state index in [2.05, 4.69) is 69.9 Å². The molecule has 0 amide bonds. The molecule has 1 heteroatoms. The van der Waals surface area contributed by atoms with Gasteiger partial charge in [-0.1, -0.05) is 57.2 Å². The van der Waals surface area contributed by atoms with Crippen LogP contribution in [0.2, 0.25) is 0 Å². The van der Waals surface area contributed by atoms with Crippen molar-refractivity contribution in [2.24, 2.45) is 5.41 Å². The summed E-state index contributed by atoms with van der Waals surface area (Å²) in [5, 5.41) is 3.72. The van der Waals surface area contributed by atoms with Crippen molar-refractivity contribution in [3.63, 3.8) is 0 Å². The Balaban J connectivity index is 2.79. The molecule has 18 heavy (non-hydrogen) atoms. The van der Waals surface area contributed by atoms with Gasteiger partial charge in [0.2, 0.25) is 0 Å². The van der Waals surface area contributed by atoms with Crippen LogP contribution in [0.5, 0.6) is 0 Å². The predicted octanol–water partition coefficient (Wildman–Crippen LogP) is 4.72. The van der Waals surface area contributed by atoms with Crippen LogP contribution < -0.4 is 5.32 Å². The smallest absolute Gasteiger partial charge is 0.0327 e. The minimum absolute atomic E-state index is 0.321. The monoisotopic (exact) mass is 245 g/mol. The van der Waals surface area contributed by atoms with Crippen molar-refractivity contribution < 1.29 is 0 Å². The van der Waals surface area contributed by atoms with Crippen LogP contribution in [0.25, 0.3) is 0 Å². The maximum atomic E-state index is 3.82. The third-order valence-electron chi connectivity index (χ3n) is 3.02. The molecular weight excluding hydrogens is 218 g/mol. The van der Waals surface area contributed by atoms with Crippen LogP contribution in [0, 0.1) is 5.41 Å². The van der Waals surface area contributed by atoms with Gasteiger partial charge in [-0.15, -0.1) is 6.58 Å². The maximum Gasteiger partial charge on any atom is 0.0327 e. The van der Waals surface area contributed by atoms with Crippen molar-refractivity contribution in [1.82, 2.24) is 5.32 Å². The normalized spacial score (nSPS) is 15.1. The molecule has 0 aliphatic rings. The van der Waals surface area contributed by atoms with Gasteiger partial charge in [-0.25, -0.2) is 0 Å². The molecule has 0 bridgehead atoms. The molecule has 100 valence electrons. The average Bonchev–Trinajstić information content (AvgIpc) is 2.28. The number of hydrogen-bond acceptors (Lipinski definition) is 1. The lowest BCUT2D eigenvalue weighted by molar-refractivity contribution is 0.296. The summed E-state index contributed by atoms with van der Waals surface area (Å²) in [5.74, 6) is 0. The first kappa shape index (κ1) is 15.0. The lowest BCUT2D eigenvalue weighted by atomic mass is 9.85. The topological polar surface area (TPSA) is 12.0 Å². The van der Waals surface area contributed by atoms with E-state index in [9.17, 15) is 0 Å². The molecule has 0 aliphatic carbocycles. The van der Waals surface area contributed by atoms with Gasteiger partial charge in [0.15, 0.2) is 0 Å². The molecule has 1 nitrogen and oxygen atoms in total. The highest BCUT2D eigenvalue weighted by molar-refractivity contribution is 5.19. The zero-order chi connectivity index (χ0) is 13.6. The fraction of sp³-hybridized carbons (Fsp3) is 0.529. The van der Waals surface area contributed by atoms with E-state index in [4.69, 9.17) is 0 Å². The maximum absolute atomic E-state index is 3.82. The number of hydrogen-bond donors (Lipinski definition) is 1. The van der Waals surface area contributed by atoms with Gasteiger partial charge in [0.1, 0.15) is 0 Å². The molecule has 1 aromatic carbocycles. The number of benzene rings is 1. The van der Waals surface area contributed by atoms with Crippen LogP contribution in [0.15, 0.2) is 43.0 Å². The van der Waals surface area contributed by atoms with Gasteiger partial charge in [0.25, 0.3) is 0 Å². The van der Waals surface area contributed by atoms with E-state index in [1.807, 2.05) is 6.08 Å². The third kappa shape index (κ3) is 5.50. The Morgan fingerprint density at radius 2 is 1.83 bits per heavy atom. The standard InChI is InChI=1S/C17H27N/c1-6-10-14(2)18-16(13-17(3,4)5)15-11-8-7-9-12-15/h6-9,11-12,14,16,18H,1,10,13H2,2-5H3. The molecular formula is C17H27N. The van der Waals surface area contributed by atoms with E-state index in [1.54, 1.807) is 0 Å². The fourth-order valence-electron chi connectivity index (χ4n) is 2.23. The van der Waals surface area contributed by atoms with Gasteiger partial charge >= 0.3 is 0 Å². The van der Waals surface area contributed by atoms with Gasteiger partial charge in [-0.3, -0.25) is 0 Å². The van der Waals surface area contributed by atoms with Crippen molar-refractivity contribution in [2.45, 2.75) is 52.6 Å². The molecule has 0 saturated heterocycles. The molecule has 1 aromatic rings. The summed E-state index contributed by atoms with van der Waals surface area (Å²) in [5.41, 5.74) is 1.70. The third-order valence-corrected chi connectivity index (χ3v) is 3.02. The van der Waals surface area contributed by atoms with E-state index in [0.717, 1.165) is 12.8 Å². The van der Waals surface area contributed by atoms with Crippen LogP contribution in [-0.2, 0) is 0 Å². The Kier molecular flexibility index (Phi) is 5.61. The zero-order valence-electron chi connectivity index (χ0n) is 12.2. The average molecular weight is 245 g/mol. The summed E-state index contributed by atoms with van der Waals surface area (Å²) in [6, 6.07) is 11.6. The largest absolute Gasteiger partial charge is 0.307 e. The van der Waals surface area contributed by atoms with E-state index < -0.39 is 0 Å². The van der Waals surface area contributed by atoms with Crippen molar-refractivity contribution in [3.05, 3.63) is 48.6 Å². The first-order valence-corrected chi connectivity index (χ1v) is 6.84. The lowest BCUT2D eigenvalue weighted by Crippen LogP contribution is -2.32. The highest BCUT2D eigenvalue weighted by Gasteiger charge is 2.21. The summed E-state index contributed by atoms with van der Waals surface area (Å²) in [6.07, 6.45) is 4.13. The number of rotatable bonds is 6. The second kappa shape index (κ2) is 6.75. The number of nitrogens with one attached hydrogen (secondary N) is 1. The van der Waals surface area contributed by atoms with E-state index in [1.165, 1.54) is 5.56 Å². The van der Waals surface area contributed by atoms with Crippen molar-refractivity contribution >= 4 is 0 Å². The minimum atomic E-state index is 0.321. The Labute approximate surface area is 112 Å². The molecule has 0 spiro atoms. The molecule has 0 fully saturated rings. The van der Waals surface area contributed by atoms with Crippen molar-refractivity contribution in [3.8, 4) is 0 Å². The highest BCUT2D eigenvalue weighted by atomic mass is 14.9. The Bertz CT molecular complexity index is 348. The Morgan fingerprint density at radius 3 is 2.33 bits per heavy atom. The van der Waals surface area contributed by atoms with Crippen LogP contribution in [-0.4, -0.2) is 6.04 Å². The van der Waals surface area contributed by atoms with Crippen molar-refractivity contribution in [2.75, 3.05) is 0 Å². The molecule has 0 aromatic heterocycles. The minimum Gasteiger partial charge on any atom is -0.307 e. The van der Waals surface area contributed by atoms with Gasteiger partial charge in [-0.05, 0) is 30.7 Å². The first-order valence-electron chi connectivity index (χ1n) is 6.84. The van der Waals surface area contributed by atoms with Gasteiger partial charge < -0.3 is 5.32 Å². The molecule has 0 aliphatic heterocycles. The predicted molar refractivity (Wildman–Crippen MR) is 80.7 cm³/mol. The summed E-state index contributed by atoms with van der Waals surface area (Å²) < 4.78 is 0. The second-order valence-electron chi connectivity index (χ2n) is 6.32. The van der Waals surface area contributed by atoms with Crippen molar-refractivity contribution in [1.29, 1.82) is 0 Å². The molecule has 0 radical (unpaired) electrons. The summed E-state index contributed by atoms with van der Waals surface area (Å²) >= 11 is 0. The van der Waals surface area contributed by atoms with E-state index >= 15 is 0 Å². The van der Waals surface area contributed by atoms with Crippen LogP contribution in [0.4, 0.5) is 0 Å². The van der Waals surface area contributed by atoms with Gasteiger partial charge in [0, 0.05) is 12.1 Å².